The van der Waals surface area contributed by atoms with Gasteiger partial charge in [-0.15, -0.1) is 0 Å². The van der Waals surface area contributed by atoms with E-state index in [9.17, 15) is 18.0 Å². The number of amides is 1. The SMILES string of the molecule is COC(=O)NC(=NCc1ccccc1)C(F)(F)F. The maximum atomic E-state index is 12.5. The van der Waals surface area contributed by atoms with Crippen molar-refractivity contribution in [1.29, 1.82) is 0 Å². The molecule has 0 aliphatic heterocycles. The molecule has 0 bridgehead atoms. The molecule has 0 fully saturated rings. The van der Waals surface area contributed by atoms with Gasteiger partial charge in [-0.25, -0.2) is 4.79 Å². The molecule has 1 rings (SSSR count). The van der Waals surface area contributed by atoms with Gasteiger partial charge in [0.2, 0.25) is 5.84 Å². The van der Waals surface area contributed by atoms with Crippen LogP contribution in [0.1, 0.15) is 5.56 Å². The number of hydrogen-bond donors (Lipinski definition) is 1. The first kappa shape index (κ1) is 14.0. The number of carbonyl (C=O) groups excluding carboxylic acids is 1. The Hall–Kier alpha value is -2.05. The lowest BCUT2D eigenvalue weighted by atomic mass is 10.2. The summed E-state index contributed by atoms with van der Waals surface area (Å²) in [5.74, 6) is -1.38. The smallest absolute Gasteiger partial charge is 0.449 e. The van der Waals surface area contributed by atoms with Gasteiger partial charge in [0.25, 0.3) is 0 Å². The lowest BCUT2D eigenvalue weighted by Crippen LogP contribution is -2.40. The third-order valence-corrected chi connectivity index (χ3v) is 1.94. The molecule has 1 aromatic carbocycles. The zero-order chi connectivity index (χ0) is 13.6. The number of ether oxygens (including phenoxy) is 1. The van der Waals surface area contributed by atoms with E-state index in [1.54, 1.807) is 35.6 Å². The minimum Gasteiger partial charge on any atom is -0.453 e. The van der Waals surface area contributed by atoms with E-state index >= 15 is 0 Å². The summed E-state index contributed by atoms with van der Waals surface area (Å²) in [6.07, 6.45) is -5.94. The molecule has 0 saturated heterocycles. The Kier molecular flexibility index (Phi) is 4.70. The van der Waals surface area contributed by atoms with Crippen molar-refractivity contribution in [3.63, 3.8) is 0 Å². The summed E-state index contributed by atoms with van der Waals surface area (Å²) >= 11 is 0. The van der Waals surface area contributed by atoms with Gasteiger partial charge in [-0.05, 0) is 5.56 Å². The first-order valence-electron chi connectivity index (χ1n) is 4.94. The van der Waals surface area contributed by atoms with E-state index in [0.717, 1.165) is 7.11 Å². The van der Waals surface area contributed by atoms with Crippen molar-refractivity contribution in [2.75, 3.05) is 7.11 Å². The van der Waals surface area contributed by atoms with E-state index in [-0.39, 0.29) is 6.54 Å². The minimum absolute atomic E-state index is 0.181. The monoisotopic (exact) mass is 260 g/mol. The second kappa shape index (κ2) is 6.04. The number of hydrogen-bond acceptors (Lipinski definition) is 3. The number of nitrogens with zero attached hydrogens (tertiary/aromatic N) is 1. The van der Waals surface area contributed by atoms with Gasteiger partial charge in [-0.2, -0.15) is 13.2 Å². The van der Waals surface area contributed by atoms with Crippen molar-refractivity contribution >= 4 is 11.9 Å². The number of alkyl halides is 3. The van der Waals surface area contributed by atoms with Gasteiger partial charge in [0.05, 0.1) is 13.7 Å². The third kappa shape index (κ3) is 4.44. The van der Waals surface area contributed by atoms with Gasteiger partial charge < -0.3 is 4.74 Å². The van der Waals surface area contributed by atoms with Gasteiger partial charge in [-0.3, -0.25) is 10.3 Å². The number of halogens is 3. The molecular weight excluding hydrogens is 249 g/mol. The summed E-state index contributed by atoms with van der Waals surface area (Å²) in [6, 6.07) is 8.38. The molecule has 18 heavy (non-hydrogen) atoms. The number of alkyl carbamates (subject to hydrolysis) is 1. The number of amidine groups is 1. The highest BCUT2D eigenvalue weighted by Crippen LogP contribution is 2.16. The average molecular weight is 260 g/mol. The fourth-order valence-electron chi connectivity index (χ4n) is 1.10. The van der Waals surface area contributed by atoms with Crippen molar-refractivity contribution < 1.29 is 22.7 Å². The molecule has 7 heteroatoms. The molecule has 0 aliphatic rings. The van der Waals surface area contributed by atoms with E-state index in [2.05, 4.69) is 9.73 Å². The van der Waals surface area contributed by atoms with Crippen LogP contribution >= 0.6 is 0 Å². The van der Waals surface area contributed by atoms with Gasteiger partial charge in [0.1, 0.15) is 0 Å². The molecule has 1 N–H and O–H groups in total. The predicted octanol–water partition coefficient (Wildman–Crippen LogP) is 2.50. The van der Waals surface area contributed by atoms with Crippen LogP contribution in [0.2, 0.25) is 0 Å². The molecule has 0 radical (unpaired) electrons. The van der Waals surface area contributed by atoms with Crippen LogP contribution < -0.4 is 5.32 Å². The van der Waals surface area contributed by atoms with E-state index in [1.165, 1.54) is 0 Å². The zero-order valence-electron chi connectivity index (χ0n) is 9.49. The summed E-state index contributed by atoms with van der Waals surface area (Å²) in [4.78, 5) is 14.1. The van der Waals surface area contributed by atoms with Crippen LogP contribution in [-0.4, -0.2) is 25.2 Å². The Morgan fingerprint density at radius 1 is 1.33 bits per heavy atom. The summed E-state index contributed by atoms with van der Waals surface area (Å²) in [5, 5.41) is 1.54. The molecule has 0 spiro atoms. The van der Waals surface area contributed by atoms with Crippen LogP contribution in [0, 0.1) is 0 Å². The molecule has 1 amide bonds. The van der Waals surface area contributed by atoms with Crippen molar-refractivity contribution in [2.24, 2.45) is 4.99 Å². The highest BCUT2D eigenvalue weighted by atomic mass is 19.4. The van der Waals surface area contributed by atoms with Gasteiger partial charge in [0, 0.05) is 0 Å². The van der Waals surface area contributed by atoms with Crippen LogP contribution in [0.3, 0.4) is 0 Å². The molecular formula is C11H11F3N2O2. The Balaban J connectivity index is 2.80. The van der Waals surface area contributed by atoms with Gasteiger partial charge >= 0.3 is 12.3 Å². The lowest BCUT2D eigenvalue weighted by Gasteiger charge is -2.11. The van der Waals surface area contributed by atoms with Gasteiger partial charge in [0.15, 0.2) is 0 Å². The van der Waals surface area contributed by atoms with Crippen molar-refractivity contribution in [2.45, 2.75) is 12.7 Å². The molecule has 0 atom stereocenters. The maximum Gasteiger partial charge on any atom is 0.449 e. The second-order valence-corrected chi connectivity index (χ2v) is 3.26. The highest BCUT2D eigenvalue weighted by molar-refractivity contribution is 5.98. The molecule has 0 saturated carbocycles. The Labute approximate surface area is 101 Å². The molecule has 0 unspecified atom stereocenters. The number of carbonyl (C=O) groups is 1. The Morgan fingerprint density at radius 3 is 2.44 bits per heavy atom. The Bertz CT molecular complexity index is 430. The number of methoxy groups -OCH3 is 1. The Morgan fingerprint density at radius 2 is 1.94 bits per heavy atom. The molecule has 0 aromatic heterocycles. The molecule has 4 nitrogen and oxygen atoms in total. The second-order valence-electron chi connectivity index (χ2n) is 3.26. The van der Waals surface area contributed by atoms with Gasteiger partial charge in [-0.1, -0.05) is 30.3 Å². The fraction of sp³-hybridized carbons (Fsp3) is 0.273. The van der Waals surface area contributed by atoms with Crippen LogP contribution in [-0.2, 0) is 11.3 Å². The number of benzene rings is 1. The first-order chi connectivity index (χ1) is 8.43. The molecule has 0 aliphatic carbocycles. The van der Waals surface area contributed by atoms with Crippen molar-refractivity contribution in [3.05, 3.63) is 35.9 Å². The van der Waals surface area contributed by atoms with Crippen molar-refractivity contribution in [3.8, 4) is 0 Å². The van der Waals surface area contributed by atoms with Crippen LogP contribution in [0.15, 0.2) is 35.3 Å². The number of aliphatic imine (C=N–C) groups is 1. The topological polar surface area (TPSA) is 50.7 Å². The summed E-state index contributed by atoms with van der Waals surface area (Å²) in [5.41, 5.74) is 0.603. The summed E-state index contributed by atoms with van der Waals surface area (Å²) in [7, 11) is 0.973. The molecule has 98 valence electrons. The van der Waals surface area contributed by atoms with Crippen molar-refractivity contribution in [1.82, 2.24) is 5.32 Å². The maximum absolute atomic E-state index is 12.5. The third-order valence-electron chi connectivity index (χ3n) is 1.94. The molecule has 0 heterocycles. The van der Waals surface area contributed by atoms with E-state index < -0.39 is 18.1 Å². The predicted molar refractivity (Wildman–Crippen MR) is 59.2 cm³/mol. The number of rotatable bonds is 2. The fourth-order valence-corrected chi connectivity index (χ4v) is 1.10. The first-order valence-corrected chi connectivity index (χ1v) is 4.94. The highest BCUT2D eigenvalue weighted by Gasteiger charge is 2.37. The van der Waals surface area contributed by atoms with E-state index in [0.29, 0.717) is 5.56 Å². The average Bonchev–Trinajstić information content (AvgIpc) is 2.34. The molecule has 1 aromatic rings. The normalized spacial score (nSPS) is 12.1. The lowest BCUT2D eigenvalue weighted by molar-refractivity contribution is -0.0618. The standard InChI is InChI=1S/C11H11F3N2O2/c1-18-10(17)16-9(11(12,13)14)15-7-8-5-3-2-4-6-8/h2-6H,7H2,1H3,(H,15,16,17). The van der Waals surface area contributed by atoms with Crippen LogP contribution in [0.5, 0.6) is 0 Å². The quantitative estimate of drug-likeness (QED) is 0.656. The summed E-state index contributed by atoms with van der Waals surface area (Å²) < 4.78 is 41.7. The minimum atomic E-state index is -4.73. The largest absolute Gasteiger partial charge is 0.453 e. The van der Waals surface area contributed by atoms with E-state index in [4.69, 9.17) is 0 Å². The van der Waals surface area contributed by atoms with Crippen LogP contribution in [0.4, 0.5) is 18.0 Å². The zero-order valence-corrected chi connectivity index (χ0v) is 9.49. The van der Waals surface area contributed by atoms with E-state index in [1.807, 2.05) is 0 Å². The van der Waals surface area contributed by atoms with Crippen LogP contribution in [0.25, 0.3) is 0 Å². The summed E-state index contributed by atoms with van der Waals surface area (Å²) in [6.45, 7) is -0.181. The number of nitrogens with one attached hydrogen (secondary N) is 1.